The first kappa shape index (κ1) is 13.9. The molecule has 88 valence electrons. The zero-order valence-electron chi connectivity index (χ0n) is 9.32. The highest BCUT2D eigenvalue weighted by molar-refractivity contribution is 5.76. The van der Waals surface area contributed by atoms with Crippen LogP contribution in [0.2, 0.25) is 0 Å². The Morgan fingerprint density at radius 2 is 2.00 bits per heavy atom. The fourth-order valence-electron chi connectivity index (χ4n) is 1.12. The summed E-state index contributed by atoms with van der Waals surface area (Å²) in [6.07, 6.45) is 1.03. The summed E-state index contributed by atoms with van der Waals surface area (Å²) >= 11 is 0. The van der Waals surface area contributed by atoms with Crippen molar-refractivity contribution in [2.75, 3.05) is 6.54 Å². The zero-order valence-corrected chi connectivity index (χ0v) is 9.32. The van der Waals surface area contributed by atoms with Gasteiger partial charge in [-0.25, -0.2) is 0 Å². The van der Waals surface area contributed by atoms with E-state index in [4.69, 9.17) is 10.8 Å². The Morgan fingerprint density at radius 1 is 1.40 bits per heavy atom. The average Bonchev–Trinajstić information content (AvgIpc) is 2.10. The van der Waals surface area contributed by atoms with E-state index >= 15 is 0 Å². The van der Waals surface area contributed by atoms with Crippen molar-refractivity contribution in [1.29, 1.82) is 0 Å². The minimum atomic E-state index is -0.802. The molecule has 0 radical (unpaired) electrons. The molecule has 0 rings (SSSR count). The summed E-state index contributed by atoms with van der Waals surface area (Å²) in [6.45, 7) is 4.20. The number of amides is 1. The van der Waals surface area contributed by atoms with Gasteiger partial charge in [-0.1, -0.05) is 6.92 Å². The largest absolute Gasteiger partial charge is 0.481 e. The van der Waals surface area contributed by atoms with E-state index in [9.17, 15) is 9.59 Å². The first-order chi connectivity index (χ1) is 6.91. The van der Waals surface area contributed by atoms with E-state index in [-0.39, 0.29) is 24.3 Å². The lowest BCUT2D eigenvalue weighted by molar-refractivity contribution is -0.137. The summed E-state index contributed by atoms with van der Waals surface area (Å²) in [5.74, 6) is -0.700. The lowest BCUT2D eigenvalue weighted by Gasteiger charge is -2.12. The van der Waals surface area contributed by atoms with E-state index < -0.39 is 5.97 Å². The highest BCUT2D eigenvalue weighted by atomic mass is 16.4. The van der Waals surface area contributed by atoms with Gasteiger partial charge in [0.05, 0.1) is 0 Å². The van der Waals surface area contributed by atoms with Gasteiger partial charge in [0.2, 0.25) is 5.91 Å². The number of nitrogens with one attached hydrogen (secondary N) is 1. The molecule has 0 aliphatic rings. The first-order valence-corrected chi connectivity index (χ1v) is 5.16. The van der Waals surface area contributed by atoms with Gasteiger partial charge in [0.15, 0.2) is 0 Å². The summed E-state index contributed by atoms with van der Waals surface area (Å²) in [7, 11) is 0. The van der Waals surface area contributed by atoms with Crippen molar-refractivity contribution in [2.24, 2.45) is 11.7 Å². The van der Waals surface area contributed by atoms with Crippen molar-refractivity contribution in [1.82, 2.24) is 5.32 Å². The predicted molar refractivity (Wildman–Crippen MR) is 57.3 cm³/mol. The van der Waals surface area contributed by atoms with Gasteiger partial charge in [0.1, 0.15) is 0 Å². The van der Waals surface area contributed by atoms with Crippen molar-refractivity contribution in [2.45, 2.75) is 39.2 Å². The van der Waals surface area contributed by atoms with Gasteiger partial charge in [0.25, 0.3) is 0 Å². The van der Waals surface area contributed by atoms with Crippen LogP contribution in [0.1, 0.15) is 33.1 Å². The van der Waals surface area contributed by atoms with Crippen molar-refractivity contribution in [3.8, 4) is 0 Å². The molecule has 5 heteroatoms. The van der Waals surface area contributed by atoms with E-state index in [2.05, 4.69) is 5.32 Å². The van der Waals surface area contributed by atoms with Crippen molar-refractivity contribution in [3.05, 3.63) is 0 Å². The number of carbonyl (C=O) groups excluding carboxylic acids is 1. The Labute approximate surface area is 90.0 Å². The third-order valence-corrected chi connectivity index (χ3v) is 2.01. The molecule has 5 nitrogen and oxygen atoms in total. The number of carboxylic acids is 1. The van der Waals surface area contributed by atoms with Crippen LogP contribution in [0.5, 0.6) is 0 Å². The number of carboxylic acid groups (broad SMARTS) is 1. The molecule has 0 fully saturated rings. The highest BCUT2D eigenvalue weighted by Crippen LogP contribution is 2.03. The molecule has 0 aliphatic carbocycles. The molecule has 4 N–H and O–H groups in total. The average molecular weight is 216 g/mol. The molecule has 0 aromatic carbocycles. The van der Waals surface area contributed by atoms with E-state index in [0.717, 1.165) is 0 Å². The minimum absolute atomic E-state index is 0.0767. The molecule has 0 spiro atoms. The maximum absolute atomic E-state index is 11.2. The van der Waals surface area contributed by atoms with Gasteiger partial charge in [-0.15, -0.1) is 0 Å². The summed E-state index contributed by atoms with van der Waals surface area (Å²) in [5, 5.41) is 11.2. The summed E-state index contributed by atoms with van der Waals surface area (Å²) in [6, 6.07) is -0.140. The molecule has 0 aromatic rings. The third-order valence-electron chi connectivity index (χ3n) is 2.01. The van der Waals surface area contributed by atoms with E-state index in [1.165, 1.54) is 0 Å². The fourth-order valence-corrected chi connectivity index (χ4v) is 1.12. The molecule has 0 saturated carbocycles. The second-order valence-electron chi connectivity index (χ2n) is 4.02. The fraction of sp³-hybridized carbons (Fsp3) is 0.800. The number of carbonyl (C=O) groups is 2. The van der Waals surface area contributed by atoms with E-state index in [1.807, 2.05) is 6.92 Å². The number of aliphatic carboxylic acids is 1. The Kier molecular flexibility index (Phi) is 6.70. The molecule has 0 aliphatic heterocycles. The van der Waals surface area contributed by atoms with Gasteiger partial charge < -0.3 is 16.2 Å². The third kappa shape index (κ3) is 9.21. The number of hydrogen-bond donors (Lipinski definition) is 3. The molecule has 0 saturated heterocycles. The minimum Gasteiger partial charge on any atom is -0.481 e. The maximum Gasteiger partial charge on any atom is 0.303 e. The summed E-state index contributed by atoms with van der Waals surface area (Å²) in [5.41, 5.74) is 5.46. The van der Waals surface area contributed by atoms with Crippen LogP contribution in [-0.2, 0) is 9.59 Å². The van der Waals surface area contributed by atoms with Gasteiger partial charge in [-0.05, 0) is 19.3 Å². The second-order valence-corrected chi connectivity index (χ2v) is 4.02. The van der Waals surface area contributed by atoms with Crippen molar-refractivity contribution >= 4 is 11.9 Å². The number of nitrogens with two attached hydrogens (primary N) is 1. The van der Waals surface area contributed by atoms with Gasteiger partial charge in [-0.2, -0.15) is 0 Å². The monoisotopic (exact) mass is 216 g/mol. The van der Waals surface area contributed by atoms with Crippen molar-refractivity contribution in [3.63, 3.8) is 0 Å². The zero-order chi connectivity index (χ0) is 11.8. The van der Waals surface area contributed by atoms with Crippen LogP contribution in [-0.4, -0.2) is 29.6 Å². The molecule has 0 aromatic heterocycles. The van der Waals surface area contributed by atoms with Crippen LogP contribution in [0.15, 0.2) is 0 Å². The standard InChI is InChI=1S/C10H20N2O3/c1-7(3-4-10(14)15)6-12-9(13)5-8(2)11/h7-8H,3-6,11H2,1-2H3,(H,12,13)(H,14,15). The van der Waals surface area contributed by atoms with Crippen LogP contribution >= 0.6 is 0 Å². The summed E-state index contributed by atoms with van der Waals surface area (Å²) < 4.78 is 0. The van der Waals surface area contributed by atoms with E-state index in [1.54, 1.807) is 6.92 Å². The van der Waals surface area contributed by atoms with Crippen LogP contribution in [0.4, 0.5) is 0 Å². The molecular formula is C10H20N2O3. The normalized spacial score (nSPS) is 14.3. The van der Waals surface area contributed by atoms with Gasteiger partial charge in [-0.3, -0.25) is 9.59 Å². The Bertz CT molecular complexity index is 217. The molecule has 2 atom stereocenters. The Hall–Kier alpha value is -1.10. The number of rotatable bonds is 7. The molecule has 0 heterocycles. The SMILES string of the molecule is CC(N)CC(=O)NCC(C)CCC(=O)O. The van der Waals surface area contributed by atoms with Crippen LogP contribution in [0.3, 0.4) is 0 Å². The Balaban J connectivity index is 3.57. The lowest BCUT2D eigenvalue weighted by atomic mass is 10.1. The predicted octanol–water partition coefficient (Wildman–Crippen LogP) is 0.341. The van der Waals surface area contributed by atoms with Crippen molar-refractivity contribution < 1.29 is 14.7 Å². The smallest absolute Gasteiger partial charge is 0.303 e. The van der Waals surface area contributed by atoms with Gasteiger partial charge in [0, 0.05) is 25.4 Å². The van der Waals surface area contributed by atoms with Crippen LogP contribution in [0.25, 0.3) is 0 Å². The van der Waals surface area contributed by atoms with Gasteiger partial charge >= 0.3 is 5.97 Å². The summed E-state index contributed by atoms with van der Waals surface area (Å²) in [4.78, 5) is 21.5. The topological polar surface area (TPSA) is 92.4 Å². The molecular weight excluding hydrogens is 196 g/mol. The van der Waals surface area contributed by atoms with E-state index in [0.29, 0.717) is 19.4 Å². The second kappa shape index (κ2) is 7.23. The van der Waals surface area contributed by atoms with Crippen LogP contribution < -0.4 is 11.1 Å². The quantitative estimate of drug-likeness (QED) is 0.572. The molecule has 1 amide bonds. The Morgan fingerprint density at radius 3 is 2.47 bits per heavy atom. The maximum atomic E-state index is 11.2. The lowest BCUT2D eigenvalue weighted by Crippen LogP contribution is -2.32. The highest BCUT2D eigenvalue weighted by Gasteiger charge is 2.08. The van der Waals surface area contributed by atoms with Crippen LogP contribution in [0, 0.1) is 5.92 Å². The first-order valence-electron chi connectivity index (χ1n) is 5.16. The molecule has 2 unspecified atom stereocenters. The molecule has 15 heavy (non-hydrogen) atoms. The number of hydrogen-bond acceptors (Lipinski definition) is 3. The molecule has 0 bridgehead atoms.